The summed E-state index contributed by atoms with van der Waals surface area (Å²) < 4.78 is 5.41. The molecule has 2 aromatic carbocycles. The average Bonchev–Trinajstić information content (AvgIpc) is 2.87. The third-order valence-corrected chi connectivity index (χ3v) is 6.56. The van der Waals surface area contributed by atoms with Gasteiger partial charge in [-0.3, -0.25) is 14.5 Å². The quantitative estimate of drug-likeness (QED) is 0.335. The van der Waals surface area contributed by atoms with Crippen LogP contribution in [0.2, 0.25) is 0 Å². The van der Waals surface area contributed by atoms with Crippen molar-refractivity contribution in [2.45, 2.75) is 89.9 Å². The maximum absolute atomic E-state index is 14.0. The monoisotopic (exact) mass is 533 g/mol. The molecule has 8 nitrogen and oxygen atoms in total. The molecule has 39 heavy (non-hydrogen) atoms. The van der Waals surface area contributed by atoms with Crippen LogP contribution in [-0.2, 0) is 20.7 Å². The number of ether oxygens (including phenoxy) is 1. The molecule has 1 fully saturated rings. The van der Waals surface area contributed by atoms with Crippen LogP contribution >= 0.6 is 0 Å². The third kappa shape index (κ3) is 8.78. The number of benzene rings is 2. The molecule has 0 radical (unpaired) electrons. The molecular formula is C31H39N3O5. The molecule has 2 atom stereocenters. The Balaban J connectivity index is 1.96. The van der Waals surface area contributed by atoms with Gasteiger partial charge in [-0.25, -0.2) is 4.79 Å². The molecule has 0 saturated heterocycles. The van der Waals surface area contributed by atoms with Crippen LogP contribution in [0.15, 0.2) is 48.5 Å². The number of carbonyl (C=O) groups excluding carboxylic acids is 3. The Morgan fingerprint density at radius 1 is 1.10 bits per heavy atom. The molecule has 0 heterocycles. The molecule has 1 aliphatic carbocycles. The molecule has 0 spiro atoms. The van der Waals surface area contributed by atoms with E-state index >= 15 is 0 Å². The van der Waals surface area contributed by atoms with Crippen molar-refractivity contribution in [3.05, 3.63) is 65.2 Å². The van der Waals surface area contributed by atoms with Crippen LogP contribution in [-0.4, -0.2) is 45.6 Å². The zero-order valence-corrected chi connectivity index (χ0v) is 23.2. The Morgan fingerprint density at radius 2 is 1.77 bits per heavy atom. The fraction of sp³-hybridized carbons (Fsp3) is 0.452. The highest BCUT2D eigenvalue weighted by Crippen LogP contribution is 2.26. The van der Waals surface area contributed by atoms with E-state index in [1.165, 1.54) is 12.1 Å². The molecule has 1 saturated carbocycles. The fourth-order valence-corrected chi connectivity index (χ4v) is 4.74. The van der Waals surface area contributed by atoms with Crippen LogP contribution in [0.5, 0.6) is 5.75 Å². The number of hydrogen-bond acceptors (Lipinski definition) is 5. The van der Waals surface area contributed by atoms with Crippen LogP contribution in [0.1, 0.15) is 75.6 Å². The zero-order valence-electron chi connectivity index (χ0n) is 23.2. The minimum Gasteiger partial charge on any atom is -0.508 e. The number of nitrogens with zero attached hydrogens (tertiary/aromatic N) is 1. The molecule has 8 heteroatoms. The summed E-state index contributed by atoms with van der Waals surface area (Å²) in [5, 5.41) is 15.4. The van der Waals surface area contributed by atoms with E-state index in [4.69, 9.17) is 11.2 Å². The molecule has 1 aliphatic rings. The highest BCUT2D eigenvalue weighted by Gasteiger charge is 2.37. The van der Waals surface area contributed by atoms with Crippen LogP contribution in [0.4, 0.5) is 4.79 Å². The number of rotatable bonds is 8. The molecule has 3 N–H and O–H groups in total. The Labute approximate surface area is 231 Å². The summed E-state index contributed by atoms with van der Waals surface area (Å²) in [6.07, 6.45) is 10.1. The Morgan fingerprint density at radius 3 is 2.36 bits per heavy atom. The summed E-state index contributed by atoms with van der Waals surface area (Å²) in [5.74, 6) is -0.910. The largest absolute Gasteiger partial charge is 0.508 e. The van der Waals surface area contributed by atoms with Gasteiger partial charge in [-0.15, -0.1) is 0 Å². The van der Waals surface area contributed by atoms with E-state index in [2.05, 4.69) is 16.7 Å². The predicted molar refractivity (Wildman–Crippen MR) is 150 cm³/mol. The van der Waals surface area contributed by atoms with Crippen molar-refractivity contribution in [3.8, 4) is 18.2 Å². The maximum Gasteiger partial charge on any atom is 0.408 e. The summed E-state index contributed by atoms with van der Waals surface area (Å²) in [6, 6.07) is 13.8. The van der Waals surface area contributed by atoms with E-state index in [1.807, 2.05) is 25.1 Å². The molecule has 3 amide bonds. The van der Waals surface area contributed by atoms with E-state index in [1.54, 1.807) is 39.0 Å². The zero-order chi connectivity index (χ0) is 28.6. The first kappa shape index (κ1) is 29.6. The molecule has 3 rings (SSSR count). The summed E-state index contributed by atoms with van der Waals surface area (Å²) in [6.45, 7) is 7.07. The minimum atomic E-state index is -1.13. The number of aromatic hydroxyl groups is 1. The van der Waals surface area contributed by atoms with Crippen molar-refractivity contribution in [1.29, 1.82) is 0 Å². The SMILES string of the molecule is C#CN(C(=O)C(Cc1ccc(O)cc1)NC(=O)OC(C)(C)C)C(C(=O)NC1CCCCC1)c1cccc(C)c1. The van der Waals surface area contributed by atoms with E-state index in [0.29, 0.717) is 11.1 Å². The molecule has 0 bridgehead atoms. The molecular weight excluding hydrogens is 494 g/mol. The Bertz CT molecular complexity index is 1190. The summed E-state index contributed by atoms with van der Waals surface area (Å²) in [7, 11) is 0. The Hall–Kier alpha value is -3.99. The lowest BCUT2D eigenvalue weighted by Gasteiger charge is -2.32. The highest BCUT2D eigenvalue weighted by molar-refractivity contribution is 5.93. The van der Waals surface area contributed by atoms with E-state index in [-0.39, 0.29) is 24.1 Å². The van der Waals surface area contributed by atoms with Crippen molar-refractivity contribution in [3.63, 3.8) is 0 Å². The number of amides is 3. The normalized spacial score (nSPS) is 15.4. The van der Waals surface area contributed by atoms with Gasteiger partial charge in [-0.05, 0) is 63.8 Å². The minimum absolute atomic E-state index is 0.0148. The van der Waals surface area contributed by atoms with Crippen LogP contribution in [0.3, 0.4) is 0 Å². The topological polar surface area (TPSA) is 108 Å². The standard InChI is InChI=1S/C31H39N3O5/c1-6-34(27(23-12-10-11-21(2)19-23)28(36)32-24-13-8-7-9-14-24)29(37)26(33-30(38)39-31(3,4)5)20-22-15-17-25(35)18-16-22/h1,10-12,15-19,24,26-27,35H,7-9,13-14,20H2,2-5H3,(H,32,36)(H,33,38). The number of phenols is 1. The first-order chi connectivity index (χ1) is 18.5. The number of aryl methyl sites for hydroxylation is 1. The summed E-state index contributed by atoms with van der Waals surface area (Å²) >= 11 is 0. The number of terminal acetylenes is 1. The first-order valence-corrected chi connectivity index (χ1v) is 13.4. The van der Waals surface area contributed by atoms with Gasteiger partial charge in [0.2, 0.25) is 5.91 Å². The van der Waals surface area contributed by atoms with Gasteiger partial charge in [0.05, 0.1) is 0 Å². The van der Waals surface area contributed by atoms with Crippen molar-refractivity contribution in [2.75, 3.05) is 0 Å². The van der Waals surface area contributed by atoms with Crippen molar-refractivity contribution in [1.82, 2.24) is 15.5 Å². The van der Waals surface area contributed by atoms with Crippen molar-refractivity contribution < 1.29 is 24.2 Å². The molecule has 2 aromatic rings. The number of hydrogen-bond donors (Lipinski definition) is 3. The van der Waals surface area contributed by atoms with Gasteiger partial charge in [-0.1, -0.05) is 67.6 Å². The number of nitrogens with one attached hydrogen (secondary N) is 2. The predicted octanol–water partition coefficient (Wildman–Crippen LogP) is 4.75. The van der Waals surface area contributed by atoms with Gasteiger partial charge in [0.25, 0.3) is 5.91 Å². The number of phenolic OH excluding ortho intramolecular Hbond substituents is 1. The lowest BCUT2D eigenvalue weighted by Crippen LogP contribution is -2.53. The second kappa shape index (κ2) is 13.2. The van der Waals surface area contributed by atoms with E-state index in [0.717, 1.165) is 42.6 Å². The van der Waals surface area contributed by atoms with Crippen LogP contribution < -0.4 is 10.6 Å². The van der Waals surface area contributed by atoms with E-state index < -0.39 is 29.7 Å². The average molecular weight is 534 g/mol. The van der Waals surface area contributed by atoms with Gasteiger partial charge in [0.15, 0.2) is 0 Å². The third-order valence-electron chi connectivity index (χ3n) is 6.56. The van der Waals surface area contributed by atoms with Gasteiger partial charge in [0, 0.05) is 18.5 Å². The van der Waals surface area contributed by atoms with E-state index in [9.17, 15) is 19.5 Å². The molecule has 0 aromatic heterocycles. The van der Waals surface area contributed by atoms with Gasteiger partial charge in [-0.2, -0.15) is 0 Å². The highest BCUT2D eigenvalue weighted by atomic mass is 16.6. The van der Waals surface area contributed by atoms with Gasteiger partial charge >= 0.3 is 6.09 Å². The fourth-order valence-electron chi connectivity index (χ4n) is 4.74. The van der Waals surface area contributed by atoms with Gasteiger partial charge < -0.3 is 20.5 Å². The first-order valence-electron chi connectivity index (χ1n) is 13.4. The lowest BCUT2D eigenvalue weighted by atomic mass is 9.94. The summed E-state index contributed by atoms with van der Waals surface area (Å²) in [5.41, 5.74) is 1.39. The lowest BCUT2D eigenvalue weighted by molar-refractivity contribution is -0.139. The molecule has 208 valence electrons. The van der Waals surface area contributed by atoms with Crippen molar-refractivity contribution in [2.24, 2.45) is 0 Å². The number of alkyl carbamates (subject to hydrolysis) is 1. The smallest absolute Gasteiger partial charge is 0.408 e. The Kier molecular flexibility index (Phi) is 10.00. The molecule has 0 aliphatic heterocycles. The summed E-state index contributed by atoms with van der Waals surface area (Å²) in [4.78, 5) is 41.5. The van der Waals surface area contributed by atoms with Crippen LogP contribution in [0.25, 0.3) is 0 Å². The van der Waals surface area contributed by atoms with Crippen LogP contribution in [0, 0.1) is 19.4 Å². The second-order valence-electron chi connectivity index (χ2n) is 11.1. The van der Waals surface area contributed by atoms with Gasteiger partial charge in [0.1, 0.15) is 23.4 Å². The second-order valence-corrected chi connectivity index (χ2v) is 11.1. The number of carbonyl (C=O) groups is 3. The van der Waals surface area contributed by atoms with Crippen molar-refractivity contribution >= 4 is 17.9 Å². The maximum atomic E-state index is 14.0. The molecule has 2 unspecified atom stereocenters.